The van der Waals surface area contributed by atoms with Crippen LogP contribution in [0.2, 0.25) is 0 Å². The van der Waals surface area contributed by atoms with Crippen LogP contribution in [0.15, 0.2) is 60.8 Å². The third-order valence-corrected chi connectivity index (χ3v) is 7.39. The van der Waals surface area contributed by atoms with Gasteiger partial charge in [0, 0.05) is 42.7 Å². The summed E-state index contributed by atoms with van der Waals surface area (Å²) in [7, 11) is 0. The third kappa shape index (κ3) is 3.78. The summed E-state index contributed by atoms with van der Waals surface area (Å²) in [6.45, 7) is 6.48. The minimum atomic E-state index is 0.480. The van der Waals surface area contributed by atoms with Gasteiger partial charge >= 0.3 is 0 Å². The van der Waals surface area contributed by atoms with Crippen molar-refractivity contribution in [2.45, 2.75) is 32.6 Å². The highest BCUT2D eigenvalue weighted by molar-refractivity contribution is 5.81. The fourth-order valence-electron chi connectivity index (χ4n) is 5.51. The predicted octanol–water partition coefficient (Wildman–Crippen LogP) is 4.74. The van der Waals surface area contributed by atoms with Gasteiger partial charge in [0.2, 0.25) is 0 Å². The Balaban J connectivity index is 1.41. The van der Waals surface area contributed by atoms with Gasteiger partial charge in [0.15, 0.2) is 5.65 Å². The minimum absolute atomic E-state index is 0.480. The predicted molar refractivity (Wildman–Crippen MR) is 132 cm³/mol. The summed E-state index contributed by atoms with van der Waals surface area (Å²) >= 11 is 0. The van der Waals surface area contributed by atoms with Crippen molar-refractivity contribution in [1.29, 1.82) is 0 Å². The summed E-state index contributed by atoms with van der Waals surface area (Å²) in [6.07, 6.45) is 6.99. The van der Waals surface area contributed by atoms with Gasteiger partial charge in [0.25, 0.3) is 0 Å². The second kappa shape index (κ2) is 8.27. The first-order valence-corrected chi connectivity index (χ1v) is 12.0. The first kappa shape index (κ1) is 20.4. The molecule has 6 nitrogen and oxygen atoms in total. The molecule has 3 aromatic heterocycles. The molecular formula is C27H30N6. The fourth-order valence-corrected chi connectivity index (χ4v) is 5.51. The Labute approximate surface area is 194 Å². The van der Waals surface area contributed by atoms with Crippen molar-refractivity contribution in [3.05, 3.63) is 66.5 Å². The number of pyridine rings is 1. The standard InChI is InChI=1S/C27H30N6/c1-20-18-22(10-15-29-20)26-25(21-6-3-2-4-7-21)30-23-8-9-24(31-33(23)26)32-16-12-27(13-17-32)11-5-14-28-19-27/h2-4,6-10,15,18,28H,5,11-14,16-17,19H2,1H3. The molecule has 5 heterocycles. The number of aryl methyl sites for hydroxylation is 1. The maximum Gasteiger partial charge on any atom is 0.155 e. The summed E-state index contributed by atoms with van der Waals surface area (Å²) in [5.74, 6) is 1.03. The van der Waals surface area contributed by atoms with Gasteiger partial charge in [-0.05, 0) is 68.8 Å². The number of nitrogens with zero attached hydrogens (tertiary/aromatic N) is 5. The number of imidazole rings is 1. The van der Waals surface area contributed by atoms with Crippen LogP contribution in [0.1, 0.15) is 31.4 Å². The van der Waals surface area contributed by atoms with Crippen molar-refractivity contribution in [2.24, 2.45) is 5.41 Å². The van der Waals surface area contributed by atoms with Gasteiger partial charge in [-0.15, -0.1) is 5.10 Å². The number of anilines is 1. The molecule has 0 saturated carbocycles. The molecule has 2 aliphatic rings. The van der Waals surface area contributed by atoms with E-state index in [-0.39, 0.29) is 0 Å². The van der Waals surface area contributed by atoms with Crippen LogP contribution in [0.5, 0.6) is 0 Å². The van der Waals surface area contributed by atoms with E-state index in [2.05, 4.69) is 63.7 Å². The molecule has 33 heavy (non-hydrogen) atoms. The Bertz CT molecular complexity index is 1260. The molecule has 6 rings (SSSR count). The van der Waals surface area contributed by atoms with Gasteiger partial charge in [-0.3, -0.25) is 4.98 Å². The van der Waals surface area contributed by atoms with E-state index >= 15 is 0 Å². The van der Waals surface area contributed by atoms with Crippen LogP contribution in [-0.2, 0) is 0 Å². The van der Waals surface area contributed by atoms with E-state index in [1.807, 2.05) is 23.7 Å². The average Bonchev–Trinajstić information content (AvgIpc) is 3.24. The zero-order valence-corrected chi connectivity index (χ0v) is 19.2. The SMILES string of the molecule is Cc1cc(-c2c(-c3ccccc3)nc3ccc(N4CCC5(CCCNC5)CC4)nn23)ccn1. The van der Waals surface area contributed by atoms with Crippen LogP contribution in [0.4, 0.5) is 5.82 Å². The Morgan fingerprint density at radius 2 is 1.79 bits per heavy atom. The monoisotopic (exact) mass is 438 g/mol. The van der Waals surface area contributed by atoms with Crippen LogP contribution in [-0.4, -0.2) is 45.8 Å². The van der Waals surface area contributed by atoms with E-state index in [9.17, 15) is 0 Å². The molecule has 0 unspecified atom stereocenters. The Hall–Kier alpha value is -3.25. The molecule has 168 valence electrons. The summed E-state index contributed by atoms with van der Waals surface area (Å²) < 4.78 is 2.03. The Morgan fingerprint density at radius 1 is 0.939 bits per heavy atom. The van der Waals surface area contributed by atoms with E-state index in [0.717, 1.165) is 52.8 Å². The Kier molecular flexibility index (Phi) is 5.10. The van der Waals surface area contributed by atoms with Crippen LogP contribution in [0, 0.1) is 12.3 Å². The van der Waals surface area contributed by atoms with Gasteiger partial charge in [-0.1, -0.05) is 30.3 Å². The van der Waals surface area contributed by atoms with E-state index in [1.54, 1.807) is 0 Å². The lowest BCUT2D eigenvalue weighted by Gasteiger charge is -2.44. The molecule has 6 heteroatoms. The number of nitrogens with one attached hydrogen (secondary N) is 1. The summed E-state index contributed by atoms with van der Waals surface area (Å²) in [4.78, 5) is 11.8. The van der Waals surface area contributed by atoms with Gasteiger partial charge in [0.05, 0.1) is 5.69 Å². The first-order chi connectivity index (χ1) is 16.2. The topological polar surface area (TPSA) is 58.4 Å². The molecule has 0 radical (unpaired) electrons. The van der Waals surface area contributed by atoms with Crippen molar-refractivity contribution in [1.82, 2.24) is 24.9 Å². The highest BCUT2D eigenvalue weighted by Crippen LogP contribution is 2.39. The van der Waals surface area contributed by atoms with E-state index < -0.39 is 0 Å². The molecule has 2 saturated heterocycles. The van der Waals surface area contributed by atoms with Crippen molar-refractivity contribution >= 4 is 11.5 Å². The maximum atomic E-state index is 5.13. The second-order valence-corrected chi connectivity index (χ2v) is 9.59. The van der Waals surface area contributed by atoms with Gasteiger partial charge in [-0.2, -0.15) is 0 Å². The molecule has 1 N–H and O–H groups in total. The minimum Gasteiger partial charge on any atom is -0.355 e. The Morgan fingerprint density at radius 3 is 2.55 bits per heavy atom. The molecule has 1 aromatic carbocycles. The lowest BCUT2D eigenvalue weighted by molar-refractivity contribution is 0.161. The quantitative estimate of drug-likeness (QED) is 0.501. The van der Waals surface area contributed by atoms with Crippen LogP contribution in [0.25, 0.3) is 28.2 Å². The molecule has 0 bridgehead atoms. The average molecular weight is 439 g/mol. The largest absolute Gasteiger partial charge is 0.355 e. The van der Waals surface area contributed by atoms with E-state index in [4.69, 9.17) is 10.1 Å². The molecule has 0 atom stereocenters. The number of benzene rings is 1. The maximum absolute atomic E-state index is 5.13. The molecule has 0 amide bonds. The molecule has 1 spiro atoms. The smallest absolute Gasteiger partial charge is 0.155 e. The zero-order valence-electron chi connectivity index (χ0n) is 19.2. The lowest BCUT2D eigenvalue weighted by atomic mass is 9.73. The number of hydrogen-bond acceptors (Lipinski definition) is 5. The normalized spacial score (nSPS) is 18.2. The molecule has 2 aliphatic heterocycles. The number of fused-ring (bicyclic) bond motifs is 1. The highest BCUT2D eigenvalue weighted by atomic mass is 15.3. The lowest BCUT2D eigenvalue weighted by Crippen LogP contribution is -2.48. The molecular weight excluding hydrogens is 408 g/mol. The molecule has 4 aromatic rings. The number of rotatable bonds is 3. The summed E-state index contributed by atoms with van der Waals surface area (Å²) in [5.41, 5.74) is 6.49. The number of aromatic nitrogens is 4. The number of piperidine rings is 2. The van der Waals surface area contributed by atoms with Crippen molar-refractivity contribution < 1.29 is 0 Å². The van der Waals surface area contributed by atoms with E-state index in [0.29, 0.717) is 5.41 Å². The first-order valence-electron chi connectivity index (χ1n) is 12.0. The van der Waals surface area contributed by atoms with Crippen molar-refractivity contribution in [3.8, 4) is 22.5 Å². The molecule has 2 fully saturated rings. The third-order valence-electron chi connectivity index (χ3n) is 7.39. The highest BCUT2D eigenvalue weighted by Gasteiger charge is 2.36. The molecule has 0 aliphatic carbocycles. The van der Waals surface area contributed by atoms with Gasteiger partial charge in [-0.25, -0.2) is 9.50 Å². The van der Waals surface area contributed by atoms with Crippen LogP contribution in [0.3, 0.4) is 0 Å². The second-order valence-electron chi connectivity index (χ2n) is 9.59. The number of hydrogen-bond donors (Lipinski definition) is 1. The van der Waals surface area contributed by atoms with E-state index in [1.165, 1.54) is 38.8 Å². The van der Waals surface area contributed by atoms with Crippen molar-refractivity contribution in [3.63, 3.8) is 0 Å². The van der Waals surface area contributed by atoms with Crippen molar-refractivity contribution in [2.75, 3.05) is 31.1 Å². The fraction of sp³-hybridized carbons (Fsp3) is 0.370. The zero-order chi connectivity index (χ0) is 22.3. The van der Waals surface area contributed by atoms with Gasteiger partial charge in [0.1, 0.15) is 11.5 Å². The summed E-state index contributed by atoms with van der Waals surface area (Å²) in [5, 5.41) is 8.75. The van der Waals surface area contributed by atoms with Gasteiger partial charge < -0.3 is 10.2 Å². The van der Waals surface area contributed by atoms with Crippen LogP contribution >= 0.6 is 0 Å². The summed E-state index contributed by atoms with van der Waals surface area (Å²) in [6, 6.07) is 18.8. The van der Waals surface area contributed by atoms with Crippen LogP contribution < -0.4 is 10.2 Å².